The quantitative estimate of drug-likeness (QED) is 0.912. The van der Waals surface area contributed by atoms with Gasteiger partial charge in [0, 0.05) is 17.0 Å². The van der Waals surface area contributed by atoms with Gasteiger partial charge in [0.05, 0.1) is 11.3 Å². The third-order valence-electron chi connectivity index (χ3n) is 3.63. The zero-order chi connectivity index (χ0) is 15.2. The molecule has 1 aliphatic rings. The Labute approximate surface area is 120 Å². The van der Waals surface area contributed by atoms with Crippen LogP contribution in [0.1, 0.15) is 35.7 Å². The van der Waals surface area contributed by atoms with E-state index >= 15 is 0 Å². The van der Waals surface area contributed by atoms with Crippen LogP contribution in [0.3, 0.4) is 0 Å². The van der Waals surface area contributed by atoms with Crippen LogP contribution < -0.4 is 5.73 Å². The van der Waals surface area contributed by atoms with Crippen molar-refractivity contribution in [2.24, 2.45) is 0 Å². The number of hydrogen-bond donors (Lipinski definition) is 1. The Morgan fingerprint density at radius 2 is 1.71 bits per heavy atom. The molecule has 0 radical (unpaired) electrons. The van der Waals surface area contributed by atoms with Crippen LogP contribution in [0.15, 0.2) is 24.3 Å². The SMILES string of the molecule is Cc1c(N)nc(C2CC2)nc1-c1ccc(C(F)(F)F)cc1. The van der Waals surface area contributed by atoms with E-state index < -0.39 is 11.7 Å². The van der Waals surface area contributed by atoms with Gasteiger partial charge < -0.3 is 5.73 Å². The smallest absolute Gasteiger partial charge is 0.383 e. The molecule has 3 nitrogen and oxygen atoms in total. The maximum absolute atomic E-state index is 12.6. The third kappa shape index (κ3) is 2.70. The number of benzene rings is 1. The van der Waals surface area contributed by atoms with Crippen molar-refractivity contribution in [3.05, 3.63) is 41.2 Å². The number of rotatable bonds is 2. The van der Waals surface area contributed by atoms with Crippen molar-refractivity contribution in [1.29, 1.82) is 0 Å². The molecule has 0 bridgehead atoms. The summed E-state index contributed by atoms with van der Waals surface area (Å²) in [6.07, 6.45) is -2.26. The zero-order valence-electron chi connectivity index (χ0n) is 11.4. The number of nitrogens with two attached hydrogens (primary N) is 1. The second-order valence-electron chi connectivity index (χ2n) is 5.29. The first-order chi connectivity index (χ1) is 9.86. The Morgan fingerprint density at radius 1 is 1.10 bits per heavy atom. The number of nitrogen functional groups attached to an aromatic ring is 1. The van der Waals surface area contributed by atoms with Gasteiger partial charge in [-0.1, -0.05) is 12.1 Å². The van der Waals surface area contributed by atoms with E-state index in [4.69, 9.17) is 5.73 Å². The average molecular weight is 293 g/mol. The highest BCUT2D eigenvalue weighted by Gasteiger charge is 2.31. The Morgan fingerprint density at radius 3 is 2.24 bits per heavy atom. The molecule has 0 amide bonds. The summed E-state index contributed by atoms with van der Waals surface area (Å²) in [5.41, 5.74) is 7.14. The standard InChI is InChI=1S/C15H14F3N3/c1-8-12(20-14(10-2-3-10)21-13(8)19)9-4-6-11(7-5-9)15(16,17)18/h4-7,10H,2-3H2,1H3,(H2,19,20,21). The third-order valence-corrected chi connectivity index (χ3v) is 3.63. The number of anilines is 1. The molecule has 3 rings (SSSR count). The van der Waals surface area contributed by atoms with E-state index in [9.17, 15) is 13.2 Å². The van der Waals surface area contributed by atoms with Gasteiger partial charge in [-0.05, 0) is 31.9 Å². The fourth-order valence-electron chi connectivity index (χ4n) is 2.17. The van der Waals surface area contributed by atoms with Crippen LogP contribution in [0, 0.1) is 6.92 Å². The first kappa shape index (κ1) is 13.9. The van der Waals surface area contributed by atoms with Gasteiger partial charge >= 0.3 is 6.18 Å². The lowest BCUT2D eigenvalue weighted by Gasteiger charge is -2.11. The Balaban J connectivity index is 2.03. The van der Waals surface area contributed by atoms with Crippen molar-refractivity contribution >= 4 is 5.82 Å². The molecule has 1 saturated carbocycles. The lowest BCUT2D eigenvalue weighted by atomic mass is 10.0. The van der Waals surface area contributed by atoms with Crippen LogP contribution in [0.5, 0.6) is 0 Å². The number of hydrogen-bond acceptors (Lipinski definition) is 3. The highest BCUT2D eigenvalue weighted by Crippen LogP contribution is 2.40. The van der Waals surface area contributed by atoms with E-state index in [0.29, 0.717) is 34.4 Å². The van der Waals surface area contributed by atoms with Crippen LogP contribution in [0.4, 0.5) is 19.0 Å². The van der Waals surface area contributed by atoms with Gasteiger partial charge in [0.1, 0.15) is 11.6 Å². The maximum atomic E-state index is 12.6. The Bertz CT molecular complexity index is 674. The van der Waals surface area contributed by atoms with Crippen LogP contribution in [-0.2, 0) is 6.18 Å². The fraction of sp³-hybridized carbons (Fsp3) is 0.333. The van der Waals surface area contributed by atoms with E-state index in [1.807, 2.05) is 0 Å². The van der Waals surface area contributed by atoms with Gasteiger partial charge in [-0.25, -0.2) is 9.97 Å². The summed E-state index contributed by atoms with van der Waals surface area (Å²) in [5, 5.41) is 0. The molecule has 110 valence electrons. The van der Waals surface area contributed by atoms with Crippen LogP contribution in [-0.4, -0.2) is 9.97 Å². The number of nitrogens with zero attached hydrogens (tertiary/aromatic N) is 2. The number of halogens is 3. The summed E-state index contributed by atoms with van der Waals surface area (Å²) in [6, 6.07) is 4.97. The molecular weight excluding hydrogens is 279 g/mol. The lowest BCUT2D eigenvalue weighted by molar-refractivity contribution is -0.137. The molecule has 2 aromatic rings. The van der Waals surface area contributed by atoms with Crippen LogP contribution in [0.25, 0.3) is 11.3 Å². The molecule has 0 saturated heterocycles. The molecule has 0 aliphatic heterocycles. The van der Waals surface area contributed by atoms with Gasteiger partial charge in [-0.2, -0.15) is 13.2 Å². The van der Waals surface area contributed by atoms with E-state index in [-0.39, 0.29) is 0 Å². The van der Waals surface area contributed by atoms with Gasteiger partial charge in [-0.3, -0.25) is 0 Å². The molecule has 1 heterocycles. The molecule has 0 atom stereocenters. The van der Waals surface area contributed by atoms with Crippen LogP contribution in [0.2, 0.25) is 0 Å². The Hall–Kier alpha value is -2.11. The first-order valence-electron chi connectivity index (χ1n) is 6.68. The summed E-state index contributed by atoms with van der Waals surface area (Å²) >= 11 is 0. The minimum absolute atomic E-state index is 0.334. The van der Waals surface area contributed by atoms with E-state index in [1.165, 1.54) is 12.1 Å². The van der Waals surface area contributed by atoms with E-state index in [0.717, 1.165) is 25.0 Å². The van der Waals surface area contributed by atoms with Gasteiger partial charge in [0.2, 0.25) is 0 Å². The minimum Gasteiger partial charge on any atom is -0.383 e. The number of alkyl halides is 3. The summed E-state index contributed by atoms with van der Waals surface area (Å²) in [4.78, 5) is 8.75. The molecule has 21 heavy (non-hydrogen) atoms. The molecular formula is C15H14F3N3. The van der Waals surface area contributed by atoms with Crippen molar-refractivity contribution in [1.82, 2.24) is 9.97 Å². The van der Waals surface area contributed by atoms with Crippen molar-refractivity contribution in [3.8, 4) is 11.3 Å². The zero-order valence-corrected chi connectivity index (χ0v) is 11.4. The van der Waals surface area contributed by atoms with Crippen LogP contribution >= 0.6 is 0 Å². The molecule has 1 aliphatic carbocycles. The molecule has 2 N–H and O–H groups in total. The molecule has 0 spiro atoms. The largest absolute Gasteiger partial charge is 0.416 e. The summed E-state index contributed by atoms with van der Waals surface area (Å²) in [6.45, 7) is 1.78. The van der Waals surface area contributed by atoms with Crippen molar-refractivity contribution in [2.75, 3.05) is 5.73 Å². The normalized spacial score (nSPS) is 15.2. The molecule has 0 unspecified atom stereocenters. The van der Waals surface area contributed by atoms with Crippen molar-refractivity contribution in [2.45, 2.75) is 31.9 Å². The van der Waals surface area contributed by atoms with Gasteiger partial charge in [0.15, 0.2) is 0 Å². The predicted molar refractivity (Wildman–Crippen MR) is 73.6 cm³/mol. The topological polar surface area (TPSA) is 51.8 Å². The minimum atomic E-state index is -4.34. The van der Waals surface area contributed by atoms with Gasteiger partial charge in [0.25, 0.3) is 0 Å². The average Bonchev–Trinajstić information content (AvgIpc) is 3.25. The van der Waals surface area contributed by atoms with Crippen molar-refractivity contribution < 1.29 is 13.2 Å². The molecule has 1 aromatic heterocycles. The highest BCUT2D eigenvalue weighted by atomic mass is 19.4. The predicted octanol–water partition coefficient (Wildman–Crippen LogP) is 3.93. The summed E-state index contributed by atoms with van der Waals surface area (Å²) in [5.74, 6) is 1.41. The second-order valence-corrected chi connectivity index (χ2v) is 5.29. The van der Waals surface area contributed by atoms with E-state index in [2.05, 4.69) is 9.97 Å². The molecule has 1 aromatic carbocycles. The Kier molecular flexibility index (Phi) is 3.11. The second kappa shape index (κ2) is 4.72. The highest BCUT2D eigenvalue weighted by molar-refractivity contribution is 5.67. The van der Waals surface area contributed by atoms with Crippen molar-refractivity contribution in [3.63, 3.8) is 0 Å². The lowest BCUT2D eigenvalue weighted by Crippen LogP contribution is -2.06. The molecule has 1 fully saturated rings. The van der Waals surface area contributed by atoms with Gasteiger partial charge in [-0.15, -0.1) is 0 Å². The fourth-order valence-corrected chi connectivity index (χ4v) is 2.17. The monoisotopic (exact) mass is 293 g/mol. The maximum Gasteiger partial charge on any atom is 0.416 e. The summed E-state index contributed by atoms with van der Waals surface area (Å²) < 4.78 is 37.8. The first-order valence-corrected chi connectivity index (χ1v) is 6.68. The molecule has 6 heteroatoms. The van der Waals surface area contributed by atoms with E-state index in [1.54, 1.807) is 6.92 Å². The summed E-state index contributed by atoms with van der Waals surface area (Å²) in [7, 11) is 0. The number of aromatic nitrogens is 2.